The fourth-order valence-corrected chi connectivity index (χ4v) is 3.49. The van der Waals surface area contributed by atoms with Crippen LogP contribution in [0.3, 0.4) is 0 Å². The average molecular weight is 406 g/mol. The topological polar surface area (TPSA) is 116 Å². The Hall–Kier alpha value is -2.74. The second-order valence-corrected chi connectivity index (χ2v) is 7.76. The van der Waals surface area contributed by atoms with Crippen molar-refractivity contribution in [2.45, 2.75) is 58.0 Å². The van der Waals surface area contributed by atoms with Crippen molar-refractivity contribution in [1.29, 1.82) is 0 Å². The summed E-state index contributed by atoms with van der Waals surface area (Å²) in [5.74, 6) is -4.15. The number of fused-ring (bicyclic) bond motifs is 1. The zero-order chi connectivity index (χ0) is 22.1. The maximum absolute atomic E-state index is 12.7. The Morgan fingerprint density at radius 2 is 1.90 bits per heavy atom. The van der Waals surface area contributed by atoms with E-state index in [1.54, 1.807) is 6.08 Å². The van der Waals surface area contributed by atoms with E-state index in [9.17, 15) is 24.3 Å². The summed E-state index contributed by atoms with van der Waals surface area (Å²) in [6.45, 7) is 12.7. The number of rotatable bonds is 3. The first kappa shape index (κ1) is 22.5. The molecule has 0 radical (unpaired) electrons. The third-order valence-electron chi connectivity index (χ3n) is 5.09. The zero-order valence-electron chi connectivity index (χ0n) is 17.0. The predicted octanol–water partition coefficient (Wildman–Crippen LogP) is 1.42. The quantitative estimate of drug-likeness (QED) is 0.425. The van der Waals surface area contributed by atoms with Crippen LogP contribution in [0.25, 0.3) is 0 Å². The Morgan fingerprint density at radius 3 is 2.45 bits per heavy atom. The van der Waals surface area contributed by atoms with E-state index in [-0.39, 0.29) is 17.1 Å². The third-order valence-corrected chi connectivity index (χ3v) is 5.09. The van der Waals surface area contributed by atoms with E-state index in [1.165, 1.54) is 13.0 Å². The normalized spacial score (nSPS) is 35.9. The Morgan fingerprint density at radius 1 is 1.28 bits per heavy atom. The molecular weight excluding hydrogens is 380 g/mol. The summed E-state index contributed by atoms with van der Waals surface area (Å²) in [7, 11) is 0. The fourth-order valence-electron chi connectivity index (χ4n) is 3.49. The van der Waals surface area contributed by atoms with Crippen LogP contribution in [-0.4, -0.2) is 52.7 Å². The number of allylic oxidation sites excluding steroid dienone is 1. The van der Waals surface area contributed by atoms with Crippen molar-refractivity contribution in [1.82, 2.24) is 0 Å². The SMILES string of the molecule is C=C(C)C(=O)O[C@@H]1[C@@H](OC(C)=O)[C@H]2C(=C)C(=O)O[C@@H]2C[C@@H](C)/C=C\C(=O)C1(C)O. The third kappa shape index (κ3) is 4.64. The van der Waals surface area contributed by atoms with E-state index in [0.717, 1.165) is 13.8 Å². The van der Waals surface area contributed by atoms with Gasteiger partial charge in [0.1, 0.15) is 6.10 Å². The Labute approximate surface area is 169 Å². The first-order chi connectivity index (χ1) is 13.4. The molecule has 8 nitrogen and oxygen atoms in total. The Kier molecular flexibility index (Phi) is 6.47. The number of ketones is 1. The van der Waals surface area contributed by atoms with Crippen molar-refractivity contribution < 1.29 is 38.5 Å². The van der Waals surface area contributed by atoms with E-state index in [2.05, 4.69) is 13.2 Å². The standard InChI is InChI=1S/C21H26O8/c1-10(2)19(24)29-18-17(27-13(5)22)16-12(4)20(25)28-14(16)9-11(3)7-8-15(23)21(18,6)26/h7-8,11,14,16-18,26H,1,4,9H2,2-3,5-6H3/b8-7-/t11-,14+,16-,17-,18+,21?/m0/s1. The lowest BCUT2D eigenvalue weighted by Gasteiger charge is -2.39. The monoisotopic (exact) mass is 406 g/mol. The summed E-state index contributed by atoms with van der Waals surface area (Å²) in [5.41, 5.74) is -2.22. The molecule has 0 aromatic rings. The van der Waals surface area contributed by atoms with Gasteiger partial charge >= 0.3 is 17.9 Å². The lowest BCUT2D eigenvalue weighted by atomic mass is 9.77. The van der Waals surface area contributed by atoms with Gasteiger partial charge in [0.2, 0.25) is 0 Å². The maximum atomic E-state index is 12.7. The van der Waals surface area contributed by atoms with Crippen molar-refractivity contribution in [2.24, 2.45) is 11.8 Å². The minimum atomic E-state index is -2.25. The predicted molar refractivity (Wildman–Crippen MR) is 101 cm³/mol. The summed E-state index contributed by atoms with van der Waals surface area (Å²) in [5, 5.41) is 11.0. The molecule has 6 atom stereocenters. The molecule has 1 aliphatic heterocycles. The molecule has 0 saturated carbocycles. The highest BCUT2D eigenvalue weighted by Crippen LogP contribution is 2.40. The van der Waals surface area contributed by atoms with Gasteiger partial charge in [-0.05, 0) is 32.3 Å². The zero-order valence-corrected chi connectivity index (χ0v) is 17.0. The van der Waals surface area contributed by atoms with E-state index >= 15 is 0 Å². The molecule has 0 aromatic heterocycles. The summed E-state index contributed by atoms with van der Waals surface area (Å²) < 4.78 is 16.2. The molecule has 0 amide bonds. The minimum absolute atomic E-state index is 0.0117. The van der Waals surface area contributed by atoms with Gasteiger partial charge in [0.05, 0.1) is 5.92 Å². The fraction of sp³-hybridized carbons (Fsp3) is 0.524. The molecule has 0 bridgehead atoms. The van der Waals surface area contributed by atoms with E-state index < -0.39 is 53.5 Å². The van der Waals surface area contributed by atoms with Crippen LogP contribution < -0.4 is 0 Å². The lowest BCUT2D eigenvalue weighted by molar-refractivity contribution is -0.194. The van der Waals surface area contributed by atoms with Crippen LogP contribution in [0.1, 0.15) is 34.1 Å². The second kappa shape index (κ2) is 8.32. The molecule has 1 saturated heterocycles. The number of carbonyl (C=O) groups excluding carboxylic acids is 4. The van der Waals surface area contributed by atoms with Crippen molar-refractivity contribution >= 4 is 23.7 Å². The Bertz CT molecular complexity index is 791. The minimum Gasteiger partial charge on any atom is -0.458 e. The van der Waals surface area contributed by atoms with Gasteiger partial charge in [0.15, 0.2) is 23.6 Å². The van der Waals surface area contributed by atoms with Crippen LogP contribution in [-0.2, 0) is 33.4 Å². The van der Waals surface area contributed by atoms with E-state index in [4.69, 9.17) is 14.2 Å². The van der Waals surface area contributed by atoms with Crippen LogP contribution in [0, 0.1) is 11.8 Å². The van der Waals surface area contributed by atoms with Gasteiger partial charge in [-0.3, -0.25) is 9.59 Å². The van der Waals surface area contributed by atoms with Crippen LogP contribution in [0.2, 0.25) is 0 Å². The van der Waals surface area contributed by atoms with E-state index in [0.29, 0.717) is 6.42 Å². The largest absolute Gasteiger partial charge is 0.458 e. The highest BCUT2D eigenvalue weighted by atomic mass is 16.6. The molecule has 1 heterocycles. The molecule has 0 spiro atoms. The summed E-state index contributed by atoms with van der Waals surface area (Å²) >= 11 is 0. The van der Waals surface area contributed by atoms with Gasteiger partial charge in [-0.25, -0.2) is 9.59 Å². The molecule has 1 aliphatic carbocycles. The molecule has 1 fully saturated rings. The molecule has 1 unspecified atom stereocenters. The van der Waals surface area contributed by atoms with Gasteiger partial charge in [-0.15, -0.1) is 0 Å². The highest BCUT2D eigenvalue weighted by molar-refractivity contribution is 5.98. The lowest BCUT2D eigenvalue weighted by Crippen LogP contribution is -2.58. The van der Waals surface area contributed by atoms with Gasteiger partial charge in [0.25, 0.3) is 0 Å². The molecule has 0 aromatic carbocycles. The van der Waals surface area contributed by atoms with Crippen molar-refractivity contribution in [3.63, 3.8) is 0 Å². The maximum Gasteiger partial charge on any atom is 0.334 e. The van der Waals surface area contributed by atoms with Crippen molar-refractivity contribution in [3.05, 3.63) is 36.5 Å². The molecule has 158 valence electrons. The second-order valence-electron chi connectivity index (χ2n) is 7.76. The summed E-state index contributed by atoms with van der Waals surface area (Å²) in [4.78, 5) is 49.0. The van der Waals surface area contributed by atoms with E-state index in [1.807, 2.05) is 6.92 Å². The molecule has 1 N–H and O–H groups in total. The molecule has 8 heteroatoms. The summed E-state index contributed by atoms with van der Waals surface area (Å²) in [6.07, 6.45) is -0.665. The van der Waals surface area contributed by atoms with Crippen LogP contribution >= 0.6 is 0 Å². The number of ether oxygens (including phenoxy) is 3. The number of esters is 3. The average Bonchev–Trinajstić information content (AvgIpc) is 2.88. The number of aliphatic hydroxyl groups is 1. The van der Waals surface area contributed by atoms with Gasteiger partial charge in [-0.1, -0.05) is 26.2 Å². The smallest absolute Gasteiger partial charge is 0.334 e. The van der Waals surface area contributed by atoms with Gasteiger partial charge < -0.3 is 19.3 Å². The van der Waals surface area contributed by atoms with Crippen molar-refractivity contribution in [3.8, 4) is 0 Å². The molecule has 2 aliphatic rings. The number of hydrogen-bond donors (Lipinski definition) is 1. The van der Waals surface area contributed by atoms with Gasteiger partial charge in [-0.2, -0.15) is 0 Å². The Balaban J connectivity index is 2.67. The number of carbonyl (C=O) groups is 4. The molecular formula is C21H26O8. The highest BCUT2D eigenvalue weighted by Gasteiger charge is 2.55. The summed E-state index contributed by atoms with van der Waals surface area (Å²) in [6, 6.07) is 0. The van der Waals surface area contributed by atoms with Crippen LogP contribution in [0.4, 0.5) is 0 Å². The first-order valence-electron chi connectivity index (χ1n) is 9.24. The number of hydrogen-bond acceptors (Lipinski definition) is 8. The van der Waals surface area contributed by atoms with Gasteiger partial charge in [0, 0.05) is 18.1 Å². The first-order valence-corrected chi connectivity index (χ1v) is 9.24. The van der Waals surface area contributed by atoms with Crippen LogP contribution in [0.15, 0.2) is 36.5 Å². The molecule has 2 rings (SSSR count). The van der Waals surface area contributed by atoms with Crippen LogP contribution in [0.5, 0.6) is 0 Å². The van der Waals surface area contributed by atoms with Crippen molar-refractivity contribution in [2.75, 3.05) is 0 Å². The molecule has 29 heavy (non-hydrogen) atoms.